The molecule has 0 fully saturated rings. The smallest absolute Gasteiger partial charge is 0.330 e. The fraction of sp³-hybridized carbons (Fsp3) is 0.522. The number of unbranched alkanes of at least 4 members (excludes halogenated alkanes) is 1. The number of carbonyl (C=O) groups is 1. The van der Waals surface area contributed by atoms with Crippen LogP contribution in [0.2, 0.25) is 0 Å². The molecule has 3 N–H and O–H groups in total. The second-order valence-electron chi connectivity index (χ2n) is 8.56. The van der Waals surface area contributed by atoms with E-state index in [1.165, 1.54) is 9.47 Å². The standard InChI is InChI=1S/C23H33N5O4/c1-4-5-10-27(20-21(24)28(13-16(2)3)23(31)25-22(20)30)19(29)15-26-11-12-32-18-9-7-6-8-17(18)14-26/h6-9,16H,4-5,10-15,24H2,1-3H3,(H,25,30,31). The van der Waals surface area contributed by atoms with Crippen molar-refractivity contribution >= 4 is 17.4 Å². The lowest BCUT2D eigenvalue weighted by atomic mass is 10.2. The molecule has 3 rings (SSSR count). The Morgan fingerprint density at radius 3 is 2.75 bits per heavy atom. The number of anilines is 2. The molecule has 0 unspecified atom stereocenters. The molecular weight excluding hydrogens is 410 g/mol. The predicted molar refractivity (Wildman–Crippen MR) is 125 cm³/mol. The van der Waals surface area contributed by atoms with Crippen LogP contribution in [-0.4, -0.2) is 46.6 Å². The third kappa shape index (κ3) is 5.40. The van der Waals surface area contributed by atoms with Crippen molar-refractivity contribution in [3.8, 4) is 5.75 Å². The molecule has 1 aromatic heterocycles. The molecule has 0 saturated carbocycles. The van der Waals surface area contributed by atoms with Gasteiger partial charge >= 0.3 is 5.69 Å². The van der Waals surface area contributed by atoms with Crippen LogP contribution in [0.1, 0.15) is 39.2 Å². The zero-order chi connectivity index (χ0) is 23.3. The van der Waals surface area contributed by atoms with Gasteiger partial charge in [-0.3, -0.25) is 24.0 Å². The summed E-state index contributed by atoms with van der Waals surface area (Å²) in [5.41, 5.74) is 6.15. The quantitative estimate of drug-likeness (QED) is 0.643. The van der Waals surface area contributed by atoms with Crippen molar-refractivity contribution in [2.75, 3.05) is 36.9 Å². The number of nitrogens with zero attached hydrogens (tertiary/aromatic N) is 3. The van der Waals surface area contributed by atoms with Gasteiger partial charge in [-0.1, -0.05) is 45.4 Å². The van der Waals surface area contributed by atoms with Crippen LogP contribution >= 0.6 is 0 Å². The molecule has 9 heteroatoms. The summed E-state index contributed by atoms with van der Waals surface area (Å²) in [5, 5.41) is 0. The Labute approximate surface area is 187 Å². The number of rotatable bonds is 8. The van der Waals surface area contributed by atoms with Gasteiger partial charge < -0.3 is 15.4 Å². The van der Waals surface area contributed by atoms with E-state index in [1.54, 1.807) is 0 Å². The topological polar surface area (TPSA) is 114 Å². The Bertz CT molecular complexity index is 1060. The maximum atomic E-state index is 13.4. The molecular formula is C23H33N5O4. The molecule has 32 heavy (non-hydrogen) atoms. The third-order valence-corrected chi connectivity index (χ3v) is 5.46. The number of nitrogens with one attached hydrogen (secondary N) is 1. The van der Waals surface area contributed by atoms with Crippen molar-refractivity contribution in [1.29, 1.82) is 0 Å². The summed E-state index contributed by atoms with van der Waals surface area (Å²) >= 11 is 0. The molecule has 0 spiro atoms. The van der Waals surface area contributed by atoms with E-state index in [0.717, 1.165) is 17.7 Å². The van der Waals surface area contributed by atoms with E-state index in [9.17, 15) is 14.4 Å². The van der Waals surface area contributed by atoms with E-state index in [0.29, 0.717) is 39.2 Å². The van der Waals surface area contributed by atoms with Crippen molar-refractivity contribution in [3.63, 3.8) is 0 Å². The van der Waals surface area contributed by atoms with Crippen LogP contribution in [-0.2, 0) is 17.9 Å². The van der Waals surface area contributed by atoms with Crippen molar-refractivity contribution in [2.24, 2.45) is 5.92 Å². The molecule has 174 valence electrons. The van der Waals surface area contributed by atoms with E-state index >= 15 is 0 Å². The number of carbonyl (C=O) groups excluding carboxylic acids is 1. The molecule has 0 atom stereocenters. The lowest BCUT2D eigenvalue weighted by Crippen LogP contribution is -2.46. The highest BCUT2D eigenvalue weighted by Gasteiger charge is 2.26. The number of hydrogen-bond donors (Lipinski definition) is 2. The van der Waals surface area contributed by atoms with Gasteiger partial charge in [-0.05, 0) is 18.4 Å². The van der Waals surface area contributed by atoms with Crippen LogP contribution in [0.3, 0.4) is 0 Å². The van der Waals surface area contributed by atoms with E-state index in [-0.39, 0.29) is 29.9 Å². The van der Waals surface area contributed by atoms with Gasteiger partial charge in [0.2, 0.25) is 5.91 Å². The Hall–Kier alpha value is -3.07. The van der Waals surface area contributed by atoms with Crippen molar-refractivity contribution in [1.82, 2.24) is 14.5 Å². The molecule has 2 heterocycles. The number of amides is 1. The number of hydrogen-bond acceptors (Lipinski definition) is 6. The number of benzene rings is 1. The second kappa shape index (κ2) is 10.5. The van der Waals surface area contributed by atoms with Gasteiger partial charge in [-0.15, -0.1) is 0 Å². The summed E-state index contributed by atoms with van der Waals surface area (Å²) in [6.07, 6.45) is 1.55. The van der Waals surface area contributed by atoms with Crippen LogP contribution in [0.25, 0.3) is 0 Å². The number of aromatic nitrogens is 2. The van der Waals surface area contributed by atoms with Crippen LogP contribution in [0.15, 0.2) is 33.9 Å². The van der Waals surface area contributed by atoms with Crippen molar-refractivity contribution in [3.05, 3.63) is 50.7 Å². The highest BCUT2D eigenvalue weighted by molar-refractivity contribution is 5.96. The number of ether oxygens (including phenoxy) is 1. The fourth-order valence-electron chi connectivity index (χ4n) is 3.85. The maximum Gasteiger partial charge on any atom is 0.330 e. The molecule has 9 nitrogen and oxygen atoms in total. The number of nitrogen functional groups attached to an aromatic ring is 1. The van der Waals surface area contributed by atoms with Gasteiger partial charge in [0.15, 0.2) is 5.69 Å². The van der Waals surface area contributed by atoms with E-state index in [2.05, 4.69) is 4.98 Å². The minimum Gasteiger partial charge on any atom is -0.492 e. The summed E-state index contributed by atoms with van der Waals surface area (Å²) in [7, 11) is 0. The zero-order valence-corrected chi connectivity index (χ0v) is 19.1. The monoisotopic (exact) mass is 443 g/mol. The SMILES string of the molecule is CCCCN(C(=O)CN1CCOc2ccccc2C1)c1c(N)n(CC(C)C)c(=O)[nH]c1=O. The fourth-order valence-corrected chi connectivity index (χ4v) is 3.85. The first-order valence-electron chi connectivity index (χ1n) is 11.2. The Morgan fingerprint density at radius 1 is 1.28 bits per heavy atom. The van der Waals surface area contributed by atoms with E-state index < -0.39 is 11.2 Å². The highest BCUT2D eigenvalue weighted by atomic mass is 16.5. The normalized spacial score (nSPS) is 14.0. The molecule has 1 aliphatic heterocycles. The number of para-hydroxylation sites is 1. The average molecular weight is 444 g/mol. The summed E-state index contributed by atoms with van der Waals surface area (Å²) in [4.78, 5) is 44.3. The number of fused-ring (bicyclic) bond motifs is 1. The van der Waals surface area contributed by atoms with Crippen LogP contribution in [0, 0.1) is 5.92 Å². The Kier molecular flexibility index (Phi) is 7.74. The lowest BCUT2D eigenvalue weighted by Gasteiger charge is -2.27. The van der Waals surface area contributed by atoms with Crippen LogP contribution in [0.5, 0.6) is 5.75 Å². The number of aromatic amines is 1. The molecule has 1 amide bonds. The summed E-state index contributed by atoms with van der Waals surface area (Å²) in [6, 6.07) is 7.77. The Morgan fingerprint density at radius 2 is 2.03 bits per heavy atom. The third-order valence-electron chi connectivity index (χ3n) is 5.46. The number of H-pyrrole nitrogens is 1. The first-order valence-corrected chi connectivity index (χ1v) is 11.2. The molecule has 0 radical (unpaired) electrons. The van der Waals surface area contributed by atoms with E-state index in [1.807, 2.05) is 49.9 Å². The number of nitrogens with two attached hydrogens (primary N) is 1. The van der Waals surface area contributed by atoms with Gasteiger partial charge in [0, 0.05) is 31.7 Å². The van der Waals surface area contributed by atoms with Crippen LogP contribution in [0.4, 0.5) is 11.5 Å². The average Bonchev–Trinajstić information content (AvgIpc) is 2.94. The van der Waals surface area contributed by atoms with E-state index in [4.69, 9.17) is 10.5 Å². The van der Waals surface area contributed by atoms with Gasteiger partial charge in [-0.25, -0.2) is 4.79 Å². The molecule has 0 bridgehead atoms. The molecule has 1 aromatic carbocycles. The van der Waals surface area contributed by atoms with Gasteiger partial charge in [0.05, 0.1) is 6.54 Å². The minimum absolute atomic E-state index is 0.0291. The summed E-state index contributed by atoms with van der Waals surface area (Å²) in [6.45, 7) is 8.37. The van der Waals surface area contributed by atoms with Gasteiger partial charge in [0.1, 0.15) is 18.2 Å². The lowest BCUT2D eigenvalue weighted by molar-refractivity contribution is -0.119. The van der Waals surface area contributed by atoms with Crippen molar-refractivity contribution < 1.29 is 9.53 Å². The predicted octanol–water partition coefficient (Wildman–Crippen LogP) is 1.80. The largest absolute Gasteiger partial charge is 0.492 e. The molecule has 2 aromatic rings. The van der Waals surface area contributed by atoms with Gasteiger partial charge in [-0.2, -0.15) is 0 Å². The van der Waals surface area contributed by atoms with Crippen LogP contribution < -0.4 is 26.6 Å². The first-order chi connectivity index (χ1) is 15.3. The summed E-state index contributed by atoms with van der Waals surface area (Å²) in [5.74, 6) is 0.767. The maximum absolute atomic E-state index is 13.4. The first kappa shape index (κ1) is 23.6. The summed E-state index contributed by atoms with van der Waals surface area (Å²) < 4.78 is 7.13. The minimum atomic E-state index is -0.637. The molecule has 0 saturated heterocycles. The molecule has 1 aliphatic rings. The second-order valence-corrected chi connectivity index (χ2v) is 8.56. The Balaban J connectivity index is 1.91. The highest BCUT2D eigenvalue weighted by Crippen LogP contribution is 2.23. The van der Waals surface area contributed by atoms with Crippen molar-refractivity contribution in [2.45, 2.75) is 46.7 Å². The molecule has 0 aliphatic carbocycles. The van der Waals surface area contributed by atoms with Gasteiger partial charge in [0.25, 0.3) is 5.56 Å². The zero-order valence-electron chi connectivity index (χ0n) is 19.1.